The molecule has 0 atom stereocenters. The van der Waals surface area contributed by atoms with Gasteiger partial charge in [0, 0.05) is 17.4 Å². The van der Waals surface area contributed by atoms with Crippen LogP contribution in [0.1, 0.15) is 31.9 Å². The summed E-state index contributed by atoms with van der Waals surface area (Å²) in [5, 5.41) is 0.0521. The zero-order chi connectivity index (χ0) is 17.5. The van der Waals surface area contributed by atoms with Crippen molar-refractivity contribution < 1.29 is 14.3 Å². The average Bonchev–Trinajstić information content (AvgIpc) is 2.99. The van der Waals surface area contributed by atoms with Crippen molar-refractivity contribution in [3.63, 3.8) is 0 Å². The number of carbonyl (C=O) groups excluding carboxylic acids is 2. The molecule has 3 rings (SSSR count). The molecule has 0 aromatic heterocycles. The summed E-state index contributed by atoms with van der Waals surface area (Å²) < 4.78 is 5.21. The van der Waals surface area contributed by atoms with Crippen molar-refractivity contribution in [3.05, 3.63) is 65.7 Å². The van der Waals surface area contributed by atoms with E-state index in [0.29, 0.717) is 5.57 Å². The van der Waals surface area contributed by atoms with Crippen molar-refractivity contribution in [2.75, 3.05) is 6.61 Å². The topological polar surface area (TPSA) is 43.4 Å². The zero-order valence-electron chi connectivity index (χ0n) is 14.0. The van der Waals surface area contributed by atoms with Crippen LogP contribution in [-0.2, 0) is 14.3 Å². The molecular formula is C20H20O3S. The molecule has 0 spiro atoms. The third kappa shape index (κ3) is 4.15. The number of hydrogen-bond donors (Lipinski definition) is 0. The second-order valence-electron chi connectivity index (χ2n) is 4.91. The number of thioether (sulfide) groups is 1. The SMILES string of the molecule is CC.CC(=O)Sc1ccc(C2=C(c3ccccc3)C(=O)OC2)cc1. The summed E-state index contributed by atoms with van der Waals surface area (Å²) in [6.07, 6.45) is 0. The summed E-state index contributed by atoms with van der Waals surface area (Å²) in [4.78, 5) is 24.1. The Labute approximate surface area is 146 Å². The van der Waals surface area contributed by atoms with Crippen LogP contribution in [0.25, 0.3) is 11.1 Å². The minimum atomic E-state index is -0.289. The Morgan fingerprint density at radius 3 is 2.17 bits per heavy atom. The van der Waals surface area contributed by atoms with Crippen molar-refractivity contribution in [2.45, 2.75) is 25.7 Å². The smallest absolute Gasteiger partial charge is 0.339 e. The van der Waals surface area contributed by atoms with Gasteiger partial charge in [-0.3, -0.25) is 4.79 Å². The number of hydrogen-bond acceptors (Lipinski definition) is 4. The lowest BCUT2D eigenvalue weighted by Gasteiger charge is -2.05. The lowest BCUT2D eigenvalue weighted by atomic mass is 9.97. The van der Waals surface area contributed by atoms with Crippen LogP contribution in [0, 0.1) is 0 Å². The first kappa shape index (κ1) is 18.0. The second kappa shape index (κ2) is 8.50. The van der Waals surface area contributed by atoms with Gasteiger partial charge < -0.3 is 4.74 Å². The molecule has 3 nitrogen and oxygen atoms in total. The van der Waals surface area contributed by atoms with Crippen LogP contribution < -0.4 is 0 Å². The predicted octanol–water partition coefficient (Wildman–Crippen LogP) is 4.82. The van der Waals surface area contributed by atoms with E-state index in [0.717, 1.165) is 21.6 Å². The normalized spacial score (nSPS) is 13.2. The third-order valence-electron chi connectivity index (χ3n) is 3.38. The highest BCUT2D eigenvalue weighted by Gasteiger charge is 2.26. The molecule has 0 fully saturated rings. The Hall–Kier alpha value is -2.33. The Morgan fingerprint density at radius 1 is 0.958 bits per heavy atom. The maximum atomic E-state index is 12.0. The summed E-state index contributed by atoms with van der Waals surface area (Å²) in [6.45, 7) is 5.82. The number of rotatable bonds is 3. The third-order valence-corrected chi connectivity index (χ3v) is 4.18. The molecule has 124 valence electrons. The molecule has 2 aromatic carbocycles. The molecule has 0 saturated heterocycles. The Bertz CT molecular complexity index is 746. The minimum absolute atomic E-state index is 0.0521. The van der Waals surface area contributed by atoms with E-state index in [4.69, 9.17) is 4.74 Å². The molecular weight excluding hydrogens is 320 g/mol. The van der Waals surface area contributed by atoms with Crippen molar-refractivity contribution >= 4 is 34.0 Å². The second-order valence-corrected chi connectivity index (χ2v) is 6.16. The Balaban J connectivity index is 0.00000100. The van der Waals surface area contributed by atoms with E-state index in [1.807, 2.05) is 68.4 Å². The van der Waals surface area contributed by atoms with Gasteiger partial charge in [0.25, 0.3) is 0 Å². The van der Waals surface area contributed by atoms with Gasteiger partial charge in [0.1, 0.15) is 6.61 Å². The molecule has 0 aliphatic carbocycles. The number of esters is 1. The van der Waals surface area contributed by atoms with Crippen LogP contribution in [0.15, 0.2) is 59.5 Å². The lowest BCUT2D eigenvalue weighted by molar-refractivity contribution is -0.133. The molecule has 0 unspecified atom stereocenters. The molecule has 2 aromatic rings. The quantitative estimate of drug-likeness (QED) is 0.593. The molecule has 0 amide bonds. The zero-order valence-corrected chi connectivity index (χ0v) is 14.9. The number of ether oxygens (including phenoxy) is 1. The fourth-order valence-electron chi connectivity index (χ4n) is 2.42. The van der Waals surface area contributed by atoms with Gasteiger partial charge in [-0.15, -0.1) is 0 Å². The molecule has 0 N–H and O–H groups in total. The molecule has 1 heterocycles. The van der Waals surface area contributed by atoms with Gasteiger partial charge in [-0.05, 0) is 23.3 Å². The van der Waals surface area contributed by atoms with Crippen LogP contribution in [0.3, 0.4) is 0 Å². The highest BCUT2D eigenvalue weighted by atomic mass is 32.2. The van der Waals surface area contributed by atoms with Gasteiger partial charge in [-0.1, -0.05) is 68.1 Å². The maximum absolute atomic E-state index is 12.0. The summed E-state index contributed by atoms with van der Waals surface area (Å²) in [5.41, 5.74) is 3.31. The van der Waals surface area contributed by atoms with Crippen LogP contribution in [0.2, 0.25) is 0 Å². The lowest BCUT2D eigenvalue weighted by Crippen LogP contribution is -1.98. The first-order valence-corrected chi connectivity index (χ1v) is 8.71. The standard InChI is InChI=1S/C18H14O3S.C2H6/c1-12(19)22-15-9-7-13(8-10-15)16-11-21-18(20)17(16)14-5-3-2-4-6-14;1-2/h2-10H,11H2,1H3;1-2H3. The van der Waals surface area contributed by atoms with Crippen LogP contribution in [0.5, 0.6) is 0 Å². The average molecular weight is 340 g/mol. The molecule has 1 aliphatic heterocycles. The van der Waals surface area contributed by atoms with Gasteiger partial charge in [0.05, 0.1) is 5.57 Å². The van der Waals surface area contributed by atoms with E-state index in [9.17, 15) is 9.59 Å². The van der Waals surface area contributed by atoms with Gasteiger partial charge in [-0.2, -0.15) is 0 Å². The Morgan fingerprint density at radius 2 is 1.58 bits per heavy atom. The molecule has 0 radical (unpaired) electrons. The highest BCUT2D eigenvalue weighted by molar-refractivity contribution is 8.13. The van der Waals surface area contributed by atoms with E-state index in [1.54, 1.807) is 0 Å². The van der Waals surface area contributed by atoms with E-state index in [-0.39, 0.29) is 17.7 Å². The molecule has 4 heteroatoms. The molecule has 1 aliphatic rings. The van der Waals surface area contributed by atoms with Crippen molar-refractivity contribution in [2.24, 2.45) is 0 Å². The summed E-state index contributed by atoms with van der Waals surface area (Å²) >= 11 is 1.19. The monoisotopic (exact) mass is 340 g/mol. The first-order chi connectivity index (χ1) is 11.6. The molecule has 0 bridgehead atoms. The summed E-state index contributed by atoms with van der Waals surface area (Å²) in [6, 6.07) is 17.1. The van der Waals surface area contributed by atoms with Gasteiger partial charge >= 0.3 is 5.97 Å². The highest BCUT2D eigenvalue weighted by Crippen LogP contribution is 2.33. The number of benzene rings is 2. The van der Waals surface area contributed by atoms with Crippen molar-refractivity contribution in [1.82, 2.24) is 0 Å². The van der Waals surface area contributed by atoms with Crippen LogP contribution >= 0.6 is 11.8 Å². The Kier molecular flexibility index (Phi) is 6.38. The molecule has 24 heavy (non-hydrogen) atoms. The van der Waals surface area contributed by atoms with E-state index in [2.05, 4.69) is 0 Å². The fraction of sp³-hybridized carbons (Fsp3) is 0.200. The summed E-state index contributed by atoms with van der Waals surface area (Å²) in [5.74, 6) is -0.289. The van der Waals surface area contributed by atoms with Gasteiger partial charge in [-0.25, -0.2) is 4.79 Å². The van der Waals surface area contributed by atoms with Crippen molar-refractivity contribution in [1.29, 1.82) is 0 Å². The first-order valence-electron chi connectivity index (χ1n) is 7.89. The van der Waals surface area contributed by atoms with Crippen LogP contribution in [0.4, 0.5) is 0 Å². The number of cyclic esters (lactones) is 1. The van der Waals surface area contributed by atoms with E-state index >= 15 is 0 Å². The largest absolute Gasteiger partial charge is 0.457 e. The van der Waals surface area contributed by atoms with Gasteiger partial charge in [0.15, 0.2) is 5.12 Å². The summed E-state index contributed by atoms with van der Waals surface area (Å²) in [7, 11) is 0. The molecule has 0 saturated carbocycles. The van der Waals surface area contributed by atoms with Crippen LogP contribution in [-0.4, -0.2) is 17.7 Å². The predicted molar refractivity (Wildman–Crippen MR) is 98.5 cm³/mol. The van der Waals surface area contributed by atoms with E-state index in [1.165, 1.54) is 18.7 Å². The maximum Gasteiger partial charge on any atom is 0.339 e. The van der Waals surface area contributed by atoms with E-state index < -0.39 is 0 Å². The fourth-order valence-corrected chi connectivity index (χ4v) is 3.02. The van der Waals surface area contributed by atoms with Gasteiger partial charge in [0.2, 0.25) is 0 Å². The minimum Gasteiger partial charge on any atom is -0.457 e. The number of carbonyl (C=O) groups is 2. The van der Waals surface area contributed by atoms with Crippen molar-refractivity contribution in [3.8, 4) is 0 Å².